The molecular formula is C20H31NO3. The van der Waals surface area contributed by atoms with Crippen molar-refractivity contribution in [3.05, 3.63) is 30.3 Å². The first kappa shape index (κ1) is 17.7. The van der Waals surface area contributed by atoms with Crippen LogP contribution in [0.15, 0.2) is 30.3 Å². The van der Waals surface area contributed by atoms with Crippen LogP contribution in [0.3, 0.4) is 0 Å². The molecule has 2 fully saturated rings. The second-order valence-corrected chi connectivity index (χ2v) is 8.24. The van der Waals surface area contributed by atoms with Gasteiger partial charge in [-0.1, -0.05) is 32.0 Å². The van der Waals surface area contributed by atoms with Crippen molar-refractivity contribution in [2.45, 2.75) is 51.2 Å². The molecule has 3 rings (SSSR count). The van der Waals surface area contributed by atoms with Crippen LogP contribution >= 0.6 is 0 Å². The molecule has 1 heterocycles. The summed E-state index contributed by atoms with van der Waals surface area (Å²) >= 11 is 0. The Hall–Kier alpha value is -1.10. The Kier molecular flexibility index (Phi) is 5.48. The summed E-state index contributed by atoms with van der Waals surface area (Å²) in [6.45, 7) is 7.55. The van der Waals surface area contributed by atoms with Gasteiger partial charge in [-0.05, 0) is 43.2 Å². The molecule has 1 unspecified atom stereocenters. The molecule has 1 saturated carbocycles. The van der Waals surface area contributed by atoms with Crippen LogP contribution in [0.1, 0.15) is 39.5 Å². The van der Waals surface area contributed by atoms with Gasteiger partial charge in [0.1, 0.15) is 18.0 Å². The predicted octanol–water partition coefficient (Wildman–Crippen LogP) is 3.10. The van der Waals surface area contributed by atoms with Gasteiger partial charge >= 0.3 is 0 Å². The molecule has 0 aromatic heterocycles. The van der Waals surface area contributed by atoms with Gasteiger partial charge in [0.2, 0.25) is 0 Å². The molecule has 4 heteroatoms. The maximum atomic E-state index is 11.0. The Morgan fingerprint density at radius 1 is 1.21 bits per heavy atom. The lowest BCUT2D eigenvalue weighted by Gasteiger charge is -2.41. The number of hydrogen-bond acceptors (Lipinski definition) is 4. The Morgan fingerprint density at radius 3 is 2.62 bits per heavy atom. The summed E-state index contributed by atoms with van der Waals surface area (Å²) in [4.78, 5) is 2.43. The van der Waals surface area contributed by atoms with Crippen LogP contribution < -0.4 is 4.74 Å². The van der Waals surface area contributed by atoms with Crippen molar-refractivity contribution >= 4 is 0 Å². The first-order valence-electron chi connectivity index (χ1n) is 9.18. The summed E-state index contributed by atoms with van der Waals surface area (Å²) in [5.74, 6) is 0.793. The third kappa shape index (κ3) is 4.71. The van der Waals surface area contributed by atoms with Crippen LogP contribution in [-0.2, 0) is 4.74 Å². The van der Waals surface area contributed by atoms with Crippen molar-refractivity contribution in [2.24, 2.45) is 5.41 Å². The molecule has 0 bridgehead atoms. The lowest BCUT2D eigenvalue weighted by Crippen LogP contribution is -2.52. The number of para-hydroxylation sites is 1. The lowest BCUT2D eigenvalue weighted by atomic mass is 9.75. The number of rotatable bonds is 4. The zero-order valence-corrected chi connectivity index (χ0v) is 15.0. The molecule has 1 aromatic carbocycles. The van der Waals surface area contributed by atoms with Crippen molar-refractivity contribution in [2.75, 3.05) is 32.9 Å². The van der Waals surface area contributed by atoms with E-state index in [1.807, 2.05) is 30.3 Å². The first-order valence-corrected chi connectivity index (χ1v) is 9.18. The van der Waals surface area contributed by atoms with Crippen LogP contribution in [0.2, 0.25) is 0 Å². The summed E-state index contributed by atoms with van der Waals surface area (Å²) in [5, 5.41) is 11.0. The number of nitrogens with zero attached hydrogens (tertiary/aromatic N) is 1. The third-order valence-electron chi connectivity index (χ3n) is 5.47. The van der Waals surface area contributed by atoms with E-state index >= 15 is 0 Å². The molecule has 1 aromatic rings. The third-order valence-corrected chi connectivity index (χ3v) is 5.47. The highest BCUT2D eigenvalue weighted by atomic mass is 16.5. The van der Waals surface area contributed by atoms with E-state index in [0.29, 0.717) is 31.2 Å². The van der Waals surface area contributed by atoms with Crippen molar-refractivity contribution in [1.82, 2.24) is 4.90 Å². The zero-order chi connectivity index (χ0) is 17.0. The second-order valence-electron chi connectivity index (χ2n) is 8.24. The molecule has 4 nitrogen and oxygen atoms in total. The monoisotopic (exact) mass is 333 g/mol. The van der Waals surface area contributed by atoms with Gasteiger partial charge in [0.25, 0.3) is 0 Å². The second kappa shape index (κ2) is 7.42. The molecule has 1 saturated heterocycles. The minimum atomic E-state index is -0.945. The van der Waals surface area contributed by atoms with Crippen LogP contribution in [0.25, 0.3) is 0 Å². The maximum absolute atomic E-state index is 11.0. The number of benzene rings is 1. The normalized spacial score (nSPS) is 29.1. The molecular weight excluding hydrogens is 302 g/mol. The highest BCUT2D eigenvalue weighted by molar-refractivity contribution is 5.21. The number of ether oxygens (including phenoxy) is 2. The fourth-order valence-electron chi connectivity index (χ4n) is 3.83. The summed E-state index contributed by atoms with van der Waals surface area (Å²) in [6.07, 6.45) is 4.94. The summed E-state index contributed by atoms with van der Waals surface area (Å²) in [7, 11) is 0. The summed E-state index contributed by atoms with van der Waals surface area (Å²) < 4.78 is 11.5. The van der Waals surface area contributed by atoms with Gasteiger partial charge in [0, 0.05) is 19.1 Å². The van der Waals surface area contributed by atoms with Gasteiger partial charge in [-0.3, -0.25) is 4.90 Å². The number of hydrogen-bond donors (Lipinski definition) is 1. The first-order chi connectivity index (χ1) is 11.5. The molecule has 134 valence electrons. The Labute approximate surface area is 145 Å². The topological polar surface area (TPSA) is 41.9 Å². The van der Waals surface area contributed by atoms with Gasteiger partial charge < -0.3 is 14.6 Å². The average Bonchev–Trinajstić information content (AvgIpc) is 2.76. The van der Waals surface area contributed by atoms with E-state index in [9.17, 15) is 5.11 Å². The van der Waals surface area contributed by atoms with Gasteiger partial charge in [-0.25, -0.2) is 0 Å². The molecule has 2 aliphatic rings. The summed E-state index contributed by atoms with van der Waals surface area (Å²) in [6, 6.07) is 10.2. The minimum Gasteiger partial charge on any atom is -0.490 e. The van der Waals surface area contributed by atoms with E-state index in [-0.39, 0.29) is 6.61 Å². The van der Waals surface area contributed by atoms with E-state index in [1.54, 1.807) is 0 Å². The van der Waals surface area contributed by atoms with E-state index < -0.39 is 5.60 Å². The van der Waals surface area contributed by atoms with E-state index in [0.717, 1.165) is 12.3 Å². The highest BCUT2D eigenvalue weighted by Crippen LogP contribution is 2.37. The van der Waals surface area contributed by atoms with Crippen molar-refractivity contribution in [1.29, 1.82) is 0 Å². The zero-order valence-electron chi connectivity index (χ0n) is 15.0. The molecule has 1 atom stereocenters. The number of aliphatic hydroxyl groups is 1. The van der Waals surface area contributed by atoms with Crippen molar-refractivity contribution in [3.63, 3.8) is 0 Å². The fourth-order valence-corrected chi connectivity index (χ4v) is 3.83. The fraction of sp³-hybridized carbons (Fsp3) is 0.700. The summed E-state index contributed by atoms with van der Waals surface area (Å²) in [5.41, 5.74) is -0.481. The van der Waals surface area contributed by atoms with E-state index in [1.165, 1.54) is 25.7 Å². The Bertz CT molecular complexity index is 509. The van der Waals surface area contributed by atoms with Crippen molar-refractivity contribution in [3.8, 4) is 5.75 Å². The quantitative estimate of drug-likeness (QED) is 0.919. The molecule has 1 aliphatic heterocycles. The largest absolute Gasteiger partial charge is 0.490 e. The van der Waals surface area contributed by atoms with Crippen LogP contribution in [0.5, 0.6) is 5.75 Å². The standard InChI is InChI=1S/C20H31NO3/c1-19(2)10-8-17(9-11-19)21-12-13-23-15-20(22,14-21)16-24-18-6-4-3-5-7-18/h3-7,17,22H,8-16H2,1-2H3. The lowest BCUT2D eigenvalue weighted by molar-refractivity contribution is -0.0691. The molecule has 24 heavy (non-hydrogen) atoms. The van der Waals surface area contributed by atoms with Gasteiger partial charge in [-0.15, -0.1) is 0 Å². The molecule has 0 spiro atoms. The Morgan fingerprint density at radius 2 is 1.92 bits per heavy atom. The SMILES string of the molecule is CC1(C)CCC(N2CCOCC(O)(COc3ccccc3)C2)CC1. The van der Waals surface area contributed by atoms with Crippen LogP contribution in [0, 0.1) is 5.41 Å². The average molecular weight is 333 g/mol. The smallest absolute Gasteiger partial charge is 0.134 e. The molecule has 1 aliphatic carbocycles. The van der Waals surface area contributed by atoms with E-state index in [2.05, 4.69) is 18.7 Å². The number of β-amino-alcohol motifs (C(OH)–C–C–N with tert-alkyl or cyclic N) is 1. The maximum Gasteiger partial charge on any atom is 0.134 e. The van der Waals surface area contributed by atoms with Gasteiger partial charge in [-0.2, -0.15) is 0 Å². The molecule has 0 amide bonds. The van der Waals surface area contributed by atoms with Gasteiger partial charge in [0.05, 0.1) is 13.2 Å². The van der Waals surface area contributed by atoms with Crippen LogP contribution in [0.4, 0.5) is 0 Å². The van der Waals surface area contributed by atoms with Crippen molar-refractivity contribution < 1.29 is 14.6 Å². The molecule has 0 radical (unpaired) electrons. The Balaban J connectivity index is 1.59. The van der Waals surface area contributed by atoms with Gasteiger partial charge in [0.15, 0.2) is 0 Å². The van der Waals surface area contributed by atoms with Crippen LogP contribution in [-0.4, -0.2) is 54.6 Å². The van der Waals surface area contributed by atoms with E-state index in [4.69, 9.17) is 9.47 Å². The highest BCUT2D eigenvalue weighted by Gasteiger charge is 2.38. The molecule has 1 N–H and O–H groups in total. The minimum absolute atomic E-state index is 0.270. The predicted molar refractivity (Wildman–Crippen MR) is 95.3 cm³/mol.